The molecule has 1 atom stereocenters. The van der Waals surface area contributed by atoms with E-state index in [1.165, 1.54) is 15.9 Å². The molecule has 0 bridgehead atoms. The SMILES string of the molecule is CSc1ccc(C(C)NC(=O)c2cnn(-c3ccccc3)n2)cc1. The molecular formula is C18H18N4OS. The third kappa shape index (κ3) is 3.65. The van der Waals surface area contributed by atoms with Gasteiger partial charge in [-0.15, -0.1) is 16.9 Å². The number of hydrogen-bond acceptors (Lipinski definition) is 4. The lowest BCUT2D eigenvalue weighted by Crippen LogP contribution is -2.27. The van der Waals surface area contributed by atoms with Crippen molar-refractivity contribution in [3.05, 3.63) is 72.1 Å². The summed E-state index contributed by atoms with van der Waals surface area (Å²) >= 11 is 1.69. The number of amides is 1. The van der Waals surface area contributed by atoms with Gasteiger partial charge in [0.1, 0.15) is 0 Å². The first-order valence-electron chi connectivity index (χ1n) is 7.60. The molecular weight excluding hydrogens is 320 g/mol. The zero-order valence-electron chi connectivity index (χ0n) is 13.5. The number of carbonyl (C=O) groups is 1. The van der Waals surface area contributed by atoms with Crippen LogP contribution in [0, 0.1) is 0 Å². The Hall–Kier alpha value is -2.60. The van der Waals surface area contributed by atoms with Gasteiger partial charge in [0.15, 0.2) is 5.69 Å². The topological polar surface area (TPSA) is 59.8 Å². The van der Waals surface area contributed by atoms with E-state index in [1.807, 2.05) is 67.8 Å². The van der Waals surface area contributed by atoms with Gasteiger partial charge in [-0.2, -0.15) is 9.90 Å². The summed E-state index contributed by atoms with van der Waals surface area (Å²) < 4.78 is 0. The fourth-order valence-electron chi connectivity index (χ4n) is 2.30. The monoisotopic (exact) mass is 338 g/mol. The maximum Gasteiger partial charge on any atom is 0.273 e. The summed E-state index contributed by atoms with van der Waals surface area (Å²) in [5.74, 6) is -0.237. The van der Waals surface area contributed by atoms with Gasteiger partial charge in [0, 0.05) is 4.90 Å². The van der Waals surface area contributed by atoms with Crippen molar-refractivity contribution in [1.82, 2.24) is 20.3 Å². The summed E-state index contributed by atoms with van der Waals surface area (Å²) in [7, 11) is 0. The van der Waals surface area contributed by atoms with E-state index in [0.717, 1.165) is 11.3 Å². The zero-order valence-corrected chi connectivity index (χ0v) is 14.3. The number of carbonyl (C=O) groups excluding carboxylic acids is 1. The van der Waals surface area contributed by atoms with Gasteiger partial charge in [0.2, 0.25) is 0 Å². The average molecular weight is 338 g/mol. The lowest BCUT2D eigenvalue weighted by Gasteiger charge is -2.13. The van der Waals surface area contributed by atoms with Crippen LogP contribution in [0.5, 0.6) is 0 Å². The lowest BCUT2D eigenvalue weighted by molar-refractivity contribution is 0.0934. The summed E-state index contributed by atoms with van der Waals surface area (Å²) in [6.45, 7) is 1.95. The normalized spacial score (nSPS) is 11.9. The van der Waals surface area contributed by atoms with Gasteiger partial charge in [0.25, 0.3) is 5.91 Å². The van der Waals surface area contributed by atoms with Crippen molar-refractivity contribution in [3.63, 3.8) is 0 Å². The van der Waals surface area contributed by atoms with E-state index in [-0.39, 0.29) is 11.9 Å². The minimum absolute atomic E-state index is 0.102. The van der Waals surface area contributed by atoms with Gasteiger partial charge in [-0.1, -0.05) is 30.3 Å². The van der Waals surface area contributed by atoms with E-state index in [0.29, 0.717) is 5.69 Å². The maximum absolute atomic E-state index is 12.4. The third-order valence-electron chi connectivity index (χ3n) is 3.68. The van der Waals surface area contributed by atoms with E-state index in [2.05, 4.69) is 15.5 Å². The van der Waals surface area contributed by atoms with E-state index >= 15 is 0 Å². The van der Waals surface area contributed by atoms with Crippen LogP contribution in [0.4, 0.5) is 0 Å². The molecule has 1 amide bonds. The molecule has 6 heteroatoms. The van der Waals surface area contributed by atoms with Gasteiger partial charge >= 0.3 is 0 Å². The first-order chi connectivity index (χ1) is 11.7. The molecule has 1 aromatic heterocycles. The van der Waals surface area contributed by atoms with Crippen molar-refractivity contribution >= 4 is 17.7 Å². The van der Waals surface area contributed by atoms with Crippen molar-refractivity contribution in [2.75, 3.05) is 6.26 Å². The van der Waals surface area contributed by atoms with Crippen LogP contribution in [-0.4, -0.2) is 27.2 Å². The number of aromatic nitrogens is 3. The zero-order chi connectivity index (χ0) is 16.9. The first kappa shape index (κ1) is 16.3. The van der Waals surface area contributed by atoms with Crippen LogP contribution in [0.2, 0.25) is 0 Å². The molecule has 0 aliphatic rings. The second-order valence-electron chi connectivity index (χ2n) is 5.32. The van der Waals surface area contributed by atoms with Crippen molar-refractivity contribution < 1.29 is 4.79 Å². The predicted octanol–water partition coefficient (Wildman–Crippen LogP) is 3.48. The minimum Gasteiger partial charge on any atom is -0.344 e. The number of nitrogens with zero attached hydrogens (tertiary/aromatic N) is 3. The molecule has 1 heterocycles. The molecule has 1 N–H and O–H groups in total. The van der Waals surface area contributed by atoms with Gasteiger partial charge in [-0.05, 0) is 43.0 Å². The quantitative estimate of drug-likeness (QED) is 0.724. The summed E-state index contributed by atoms with van der Waals surface area (Å²) in [5.41, 5.74) is 2.17. The number of benzene rings is 2. The molecule has 122 valence electrons. The molecule has 1 unspecified atom stereocenters. The summed E-state index contributed by atoms with van der Waals surface area (Å²) in [5, 5.41) is 11.4. The molecule has 0 aliphatic heterocycles. The molecule has 3 aromatic rings. The Balaban J connectivity index is 1.69. The van der Waals surface area contributed by atoms with Crippen molar-refractivity contribution in [2.24, 2.45) is 0 Å². The molecule has 24 heavy (non-hydrogen) atoms. The van der Waals surface area contributed by atoms with Crippen LogP contribution in [0.25, 0.3) is 5.69 Å². The van der Waals surface area contributed by atoms with Gasteiger partial charge < -0.3 is 5.32 Å². The predicted molar refractivity (Wildman–Crippen MR) is 95.5 cm³/mol. The number of thioether (sulfide) groups is 1. The summed E-state index contributed by atoms with van der Waals surface area (Å²) in [6, 6.07) is 17.5. The third-order valence-corrected chi connectivity index (χ3v) is 4.42. The molecule has 0 saturated carbocycles. The van der Waals surface area contributed by atoms with E-state index in [1.54, 1.807) is 11.8 Å². The smallest absolute Gasteiger partial charge is 0.273 e. The Kier molecular flexibility index (Phi) is 4.96. The first-order valence-corrected chi connectivity index (χ1v) is 8.82. The van der Waals surface area contributed by atoms with Gasteiger partial charge in [-0.25, -0.2) is 0 Å². The van der Waals surface area contributed by atoms with Crippen LogP contribution in [0.15, 0.2) is 65.7 Å². The number of rotatable bonds is 5. The van der Waals surface area contributed by atoms with Crippen molar-refractivity contribution in [1.29, 1.82) is 0 Å². The largest absolute Gasteiger partial charge is 0.344 e. The second kappa shape index (κ2) is 7.31. The van der Waals surface area contributed by atoms with Crippen LogP contribution >= 0.6 is 11.8 Å². The van der Waals surface area contributed by atoms with E-state index < -0.39 is 0 Å². The number of para-hydroxylation sites is 1. The fourth-order valence-corrected chi connectivity index (χ4v) is 2.71. The molecule has 3 rings (SSSR count). The maximum atomic E-state index is 12.4. The van der Waals surface area contributed by atoms with Crippen LogP contribution in [-0.2, 0) is 0 Å². The summed E-state index contributed by atoms with van der Waals surface area (Å²) in [6.07, 6.45) is 3.52. The second-order valence-corrected chi connectivity index (χ2v) is 6.20. The molecule has 0 radical (unpaired) electrons. The highest BCUT2D eigenvalue weighted by Crippen LogP contribution is 2.19. The Bertz CT molecular complexity index is 815. The summed E-state index contributed by atoms with van der Waals surface area (Å²) in [4.78, 5) is 15.0. The van der Waals surface area contributed by atoms with E-state index in [4.69, 9.17) is 0 Å². The van der Waals surface area contributed by atoms with Crippen LogP contribution in [0.1, 0.15) is 29.0 Å². The highest BCUT2D eigenvalue weighted by atomic mass is 32.2. The minimum atomic E-state index is -0.237. The molecule has 0 fully saturated rings. The molecule has 0 saturated heterocycles. The molecule has 0 aliphatic carbocycles. The average Bonchev–Trinajstić information content (AvgIpc) is 3.13. The molecule has 5 nitrogen and oxygen atoms in total. The number of hydrogen-bond donors (Lipinski definition) is 1. The standard InChI is InChI=1S/C18H18N4OS/c1-13(14-8-10-16(24-2)11-9-14)20-18(23)17-12-19-22(21-17)15-6-4-3-5-7-15/h3-13H,1-2H3,(H,20,23). The molecule has 2 aromatic carbocycles. The Morgan fingerprint density at radius 3 is 2.50 bits per heavy atom. The number of nitrogens with one attached hydrogen (secondary N) is 1. The van der Waals surface area contributed by atoms with Crippen LogP contribution in [0.3, 0.4) is 0 Å². The van der Waals surface area contributed by atoms with Gasteiger partial charge in [-0.3, -0.25) is 4.79 Å². The fraction of sp³-hybridized carbons (Fsp3) is 0.167. The van der Waals surface area contributed by atoms with Gasteiger partial charge in [0.05, 0.1) is 17.9 Å². The Morgan fingerprint density at radius 2 is 1.83 bits per heavy atom. The van der Waals surface area contributed by atoms with Crippen molar-refractivity contribution in [3.8, 4) is 5.69 Å². The Morgan fingerprint density at radius 1 is 1.12 bits per heavy atom. The molecule has 0 spiro atoms. The van der Waals surface area contributed by atoms with Crippen molar-refractivity contribution in [2.45, 2.75) is 17.9 Å². The van der Waals surface area contributed by atoms with E-state index in [9.17, 15) is 4.79 Å². The lowest BCUT2D eigenvalue weighted by atomic mass is 10.1. The highest BCUT2D eigenvalue weighted by Gasteiger charge is 2.15. The highest BCUT2D eigenvalue weighted by molar-refractivity contribution is 7.98. The van der Waals surface area contributed by atoms with Crippen LogP contribution < -0.4 is 5.32 Å². The Labute approximate surface area is 145 Å².